The lowest BCUT2D eigenvalue weighted by molar-refractivity contribution is 0.0520. The molecule has 0 aliphatic rings. The molecule has 16 heavy (non-hydrogen) atoms. The molecule has 0 bridgehead atoms. The van der Waals surface area contributed by atoms with E-state index in [1.807, 2.05) is 18.2 Å². The number of carbonyl (C=O) groups excluding carboxylic acids is 1. The molecule has 4 heteroatoms. The fourth-order valence-corrected chi connectivity index (χ4v) is 1.60. The van der Waals surface area contributed by atoms with Gasteiger partial charge in [-0.15, -0.1) is 0 Å². The van der Waals surface area contributed by atoms with Crippen LogP contribution >= 0.6 is 0 Å². The summed E-state index contributed by atoms with van der Waals surface area (Å²) in [5.41, 5.74) is 2.12. The second-order valence-corrected chi connectivity index (χ2v) is 3.48. The monoisotopic (exact) mass is 219 g/mol. The molecule has 0 aliphatic carbocycles. The normalized spacial score (nSPS) is 10.6. The molecule has 0 unspecified atom stereocenters. The van der Waals surface area contributed by atoms with Gasteiger partial charge in [0.15, 0.2) is 0 Å². The van der Waals surface area contributed by atoms with Gasteiger partial charge in [-0.1, -0.05) is 6.07 Å². The van der Waals surface area contributed by atoms with Crippen molar-refractivity contribution in [3.63, 3.8) is 0 Å². The number of aliphatic hydroxyl groups excluding tert-OH is 1. The first-order valence-corrected chi connectivity index (χ1v) is 5.14. The second-order valence-electron chi connectivity index (χ2n) is 3.48. The van der Waals surface area contributed by atoms with E-state index in [0.717, 1.165) is 16.5 Å². The Hall–Kier alpha value is -1.81. The van der Waals surface area contributed by atoms with Crippen molar-refractivity contribution in [3.05, 3.63) is 35.5 Å². The lowest BCUT2D eigenvalue weighted by atomic mass is 10.2. The van der Waals surface area contributed by atoms with Crippen molar-refractivity contribution in [2.45, 2.75) is 13.5 Å². The molecule has 2 N–H and O–H groups in total. The number of fused-ring (bicyclic) bond motifs is 1. The predicted octanol–water partition coefficient (Wildman–Crippen LogP) is 1.84. The van der Waals surface area contributed by atoms with E-state index in [0.29, 0.717) is 12.3 Å². The summed E-state index contributed by atoms with van der Waals surface area (Å²) in [6.07, 6.45) is 0. The van der Waals surface area contributed by atoms with E-state index < -0.39 is 0 Å². The van der Waals surface area contributed by atoms with Crippen molar-refractivity contribution in [2.75, 3.05) is 6.61 Å². The van der Waals surface area contributed by atoms with Crippen LogP contribution in [0.1, 0.15) is 23.0 Å². The van der Waals surface area contributed by atoms with Crippen LogP contribution in [0.2, 0.25) is 0 Å². The minimum absolute atomic E-state index is 0.00411. The number of carbonyl (C=O) groups is 1. The number of nitrogens with one attached hydrogen (secondary N) is 1. The number of benzene rings is 1. The summed E-state index contributed by atoms with van der Waals surface area (Å²) in [4.78, 5) is 14.4. The van der Waals surface area contributed by atoms with E-state index in [2.05, 4.69) is 4.98 Å². The SMILES string of the molecule is CCOC(=O)c1cc2cc(CO)ccc2[nH]1. The lowest BCUT2D eigenvalue weighted by Gasteiger charge is -1.96. The summed E-state index contributed by atoms with van der Waals surface area (Å²) in [6.45, 7) is 2.12. The highest BCUT2D eigenvalue weighted by molar-refractivity contribution is 5.94. The molecule has 0 amide bonds. The van der Waals surface area contributed by atoms with Gasteiger partial charge in [-0.3, -0.25) is 0 Å². The molecule has 84 valence electrons. The summed E-state index contributed by atoms with van der Waals surface area (Å²) in [5, 5.41) is 9.89. The molecular formula is C12H13NO3. The highest BCUT2D eigenvalue weighted by atomic mass is 16.5. The molecule has 0 aliphatic heterocycles. The van der Waals surface area contributed by atoms with Crippen LogP contribution < -0.4 is 0 Å². The largest absolute Gasteiger partial charge is 0.461 e. The van der Waals surface area contributed by atoms with Gasteiger partial charge in [0.25, 0.3) is 0 Å². The van der Waals surface area contributed by atoms with E-state index in [4.69, 9.17) is 9.84 Å². The van der Waals surface area contributed by atoms with E-state index >= 15 is 0 Å². The molecule has 1 aromatic carbocycles. The minimum Gasteiger partial charge on any atom is -0.461 e. The van der Waals surface area contributed by atoms with Crippen LogP contribution in [-0.2, 0) is 11.3 Å². The number of ether oxygens (including phenoxy) is 1. The zero-order chi connectivity index (χ0) is 11.5. The molecule has 0 saturated carbocycles. The number of aliphatic hydroxyl groups is 1. The Kier molecular flexibility index (Phi) is 2.92. The third kappa shape index (κ3) is 1.92. The number of hydrogen-bond donors (Lipinski definition) is 2. The van der Waals surface area contributed by atoms with Gasteiger partial charge in [-0.25, -0.2) is 4.79 Å². The first-order chi connectivity index (χ1) is 7.74. The number of hydrogen-bond acceptors (Lipinski definition) is 3. The molecule has 4 nitrogen and oxygen atoms in total. The fourth-order valence-electron chi connectivity index (χ4n) is 1.60. The zero-order valence-electron chi connectivity index (χ0n) is 8.99. The number of esters is 1. The first kappa shape index (κ1) is 10.7. The van der Waals surface area contributed by atoms with E-state index in [1.54, 1.807) is 13.0 Å². The van der Waals surface area contributed by atoms with Gasteiger partial charge in [-0.05, 0) is 30.7 Å². The van der Waals surface area contributed by atoms with E-state index in [1.165, 1.54) is 0 Å². The molecule has 0 spiro atoms. The Balaban J connectivity index is 2.39. The van der Waals surface area contributed by atoms with Crippen molar-refractivity contribution < 1.29 is 14.6 Å². The number of aromatic nitrogens is 1. The Morgan fingerprint density at radius 3 is 2.94 bits per heavy atom. The van der Waals surface area contributed by atoms with Gasteiger partial charge in [0.05, 0.1) is 13.2 Å². The minimum atomic E-state index is -0.357. The van der Waals surface area contributed by atoms with Crippen molar-refractivity contribution in [2.24, 2.45) is 0 Å². The molecule has 2 rings (SSSR count). The van der Waals surface area contributed by atoms with Crippen LogP contribution in [0.3, 0.4) is 0 Å². The first-order valence-electron chi connectivity index (χ1n) is 5.14. The molecule has 1 heterocycles. The maximum atomic E-state index is 11.5. The fraction of sp³-hybridized carbons (Fsp3) is 0.250. The average Bonchev–Trinajstić information content (AvgIpc) is 2.71. The van der Waals surface area contributed by atoms with Crippen LogP contribution in [0, 0.1) is 0 Å². The predicted molar refractivity (Wildman–Crippen MR) is 60.2 cm³/mol. The molecule has 0 atom stereocenters. The quantitative estimate of drug-likeness (QED) is 0.774. The lowest BCUT2D eigenvalue weighted by Crippen LogP contribution is -2.04. The molecular weight excluding hydrogens is 206 g/mol. The van der Waals surface area contributed by atoms with Gasteiger partial charge < -0.3 is 14.8 Å². The van der Waals surface area contributed by atoms with Crippen LogP contribution in [0.25, 0.3) is 10.9 Å². The van der Waals surface area contributed by atoms with Crippen molar-refractivity contribution >= 4 is 16.9 Å². The number of rotatable bonds is 3. The summed E-state index contributed by atoms with van der Waals surface area (Å²) < 4.78 is 4.89. The zero-order valence-corrected chi connectivity index (χ0v) is 8.99. The third-order valence-corrected chi connectivity index (χ3v) is 2.36. The topological polar surface area (TPSA) is 62.3 Å². The van der Waals surface area contributed by atoms with Crippen molar-refractivity contribution in [3.8, 4) is 0 Å². The summed E-state index contributed by atoms with van der Waals surface area (Å²) in [6, 6.07) is 7.22. The van der Waals surface area contributed by atoms with Crippen molar-refractivity contribution in [1.82, 2.24) is 4.98 Å². The third-order valence-electron chi connectivity index (χ3n) is 2.36. The maximum absolute atomic E-state index is 11.5. The Labute approximate surface area is 92.9 Å². The van der Waals surface area contributed by atoms with Gasteiger partial charge >= 0.3 is 5.97 Å². The summed E-state index contributed by atoms with van der Waals surface area (Å²) in [7, 11) is 0. The maximum Gasteiger partial charge on any atom is 0.354 e. The highest BCUT2D eigenvalue weighted by Crippen LogP contribution is 2.17. The number of H-pyrrole nitrogens is 1. The Morgan fingerprint density at radius 2 is 2.25 bits per heavy atom. The smallest absolute Gasteiger partial charge is 0.354 e. The number of aromatic amines is 1. The van der Waals surface area contributed by atoms with Crippen LogP contribution in [0.4, 0.5) is 0 Å². The van der Waals surface area contributed by atoms with Gasteiger partial charge in [-0.2, -0.15) is 0 Å². The van der Waals surface area contributed by atoms with Crippen molar-refractivity contribution in [1.29, 1.82) is 0 Å². The van der Waals surface area contributed by atoms with Crippen LogP contribution in [0.15, 0.2) is 24.3 Å². The average molecular weight is 219 g/mol. The molecule has 2 aromatic rings. The van der Waals surface area contributed by atoms with Crippen LogP contribution in [0.5, 0.6) is 0 Å². The van der Waals surface area contributed by atoms with Gasteiger partial charge in [0, 0.05) is 10.9 Å². The molecule has 0 saturated heterocycles. The second kappa shape index (κ2) is 4.37. The van der Waals surface area contributed by atoms with Gasteiger partial charge in [0.2, 0.25) is 0 Å². The molecule has 0 radical (unpaired) electrons. The van der Waals surface area contributed by atoms with E-state index in [-0.39, 0.29) is 12.6 Å². The van der Waals surface area contributed by atoms with Gasteiger partial charge in [0.1, 0.15) is 5.69 Å². The molecule has 0 fully saturated rings. The summed E-state index contributed by atoms with van der Waals surface area (Å²) >= 11 is 0. The van der Waals surface area contributed by atoms with E-state index in [9.17, 15) is 4.79 Å². The van der Waals surface area contributed by atoms with Crippen LogP contribution in [-0.4, -0.2) is 22.7 Å². The highest BCUT2D eigenvalue weighted by Gasteiger charge is 2.10. The Morgan fingerprint density at radius 1 is 1.44 bits per heavy atom. The molecule has 1 aromatic heterocycles. The standard InChI is InChI=1S/C12H13NO3/c1-2-16-12(15)11-6-9-5-8(7-14)3-4-10(9)13-11/h3-6,13-14H,2,7H2,1H3. The summed E-state index contributed by atoms with van der Waals surface area (Å²) in [5.74, 6) is -0.357. The Bertz CT molecular complexity index is 516.